The van der Waals surface area contributed by atoms with Crippen molar-refractivity contribution in [2.45, 2.75) is 38.5 Å². The monoisotopic (exact) mass is 777 g/mol. The summed E-state index contributed by atoms with van der Waals surface area (Å²) < 4.78 is 0. The van der Waals surface area contributed by atoms with Gasteiger partial charge in [-0.15, -0.1) is 0 Å². The summed E-state index contributed by atoms with van der Waals surface area (Å²) >= 11 is 0. The standard InChI is InChI=1S/C60H43N/c1-59(2)49-34-51(41-26-12-16-30-45(41)53(49)55-43-28-14-8-22-37(43)39-24-10-18-32-47(39)57(55)59)61(36-20-6-5-7-21-36)52-35-50-54(46-31-17-13-27-42(46)52)56-44-29-15-9-23-38(44)40-25-11-19-33-48(40)58(56)60(50,3)4/h5-35H,1-4H3. The Labute approximate surface area is 356 Å². The first kappa shape index (κ1) is 34.6. The van der Waals surface area contributed by atoms with Gasteiger partial charge in [0.2, 0.25) is 0 Å². The second-order valence-electron chi connectivity index (χ2n) is 18.3. The van der Waals surface area contributed by atoms with Gasteiger partial charge < -0.3 is 4.90 Å². The fraction of sp³-hybridized carbons (Fsp3) is 0.100. The molecule has 2 aliphatic rings. The first-order chi connectivity index (χ1) is 29.8. The molecule has 0 unspecified atom stereocenters. The Morgan fingerprint density at radius 1 is 0.279 bits per heavy atom. The van der Waals surface area contributed by atoms with Gasteiger partial charge >= 0.3 is 0 Å². The van der Waals surface area contributed by atoms with Gasteiger partial charge in [-0.25, -0.2) is 0 Å². The third kappa shape index (κ3) is 4.46. The predicted octanol–water partition coefficient (Wildman–Crippen LogP) is 16.7. The Balaban J connectivity index is 1.15. The second-order valence-corrected chi connectivity index (χ2v) is 18.3. The fourth-order valence-corrected chi connectivity index (χ4v) is 12.0. The van der Waals surface area contributed by atoms with Gasteiger partial charge in [-0.05, 0) is 123 Å². The van der Waals surface area contributed by atoms with Gasteiger partial charge in [-0.3, -0.25) is 0 Å². The molecule has 1 nitrogen and oxygen atoms in total. The Morgan fingerprint density at radius 2 is 0.557 bits per heavy atom. The van der Waals surface area contributed by atoms with Crippen LogP contribution < -0.4 is 4.90 Å². The summed E-state index contributed by atoms with van der Waals surface area (Å²) in [7, 11) is 0. The summed E-state index contributed by atoms with van der Waals surface area (Å²) in [5, 5.41) is 15.7. The third-order valence-corrected chi connectivity index (χ3v) is 14.5. The number of anilines is 3. The molecule has 11 aromatic rings. The van der Waals surface area contributed by atoms with Crippen LogP contribution in [0.3, 0.4) is 0 Å². The molecule has 0 amide bonds. The van der Waals surface area contributed by atoms with E-state index in [1.54, 1.807) is 0 Å². The molecule has 13 rings (SSSR count). The van der Waals surface area contributed by atoms with E-state index in [2.05, 4.69) is 221 Å². The number of fused-ring (bicyclic) bond motifs is 20. The first-order valence-corrected chi connectivity index (χ1v) is 21.7. The van der Waals surface area contributed by atoms with E-state index in [9.17, 15) is 0 Å². The van der Waals surface area contributed by atoms with Crippen LogP contribution in [0.1, 0.15) is 49.9 Å². The van der Waals surface area contributed by atoms with Crippen LogP contribution >= 0.6 is 0 Å². The highest BCUT2D eigenvalue weighted by atomic mass is 15.1. The number of rotatable bonds is 3. The minimum absolute atomic E-state index is 0.263. The number of benzene rings is 11. The molecule has 61 heavy (non-hydrogen) atoms. The topological polar surface area (TPSA) is 3.24 Å². The molecule has 0 aromatic heterocycles. The van der Waals surface area contributed by atoms with Crippen LogP contribution in [0.25, 0.3) is 86.9 Å². The smallest absolute Gasteiger partial charge is 0.0543 e. The average Bonchev–Trinajstić information content (AvgIpc) is 3.70. The van der Waals surface area contributed by atoms with Crippen LogP contribution in [-0.2, 0) is 10.8 Å². The summed E-state index contributed by atoms with van der Waals surface area (Å²) in [5.41, 5.74) is 14.1. The van der Waals surface area contributed by atoms with E-state index in [0.717, 1.165) is 5.69 Å². The minimum atomic E-state index is -0.263. The lowest BCUT2D eigenvalue weighted by Crippen LogP contribution is -2.19. The predicted molar refractivity (Wildman–Crippen MR) is 261 cm³/mol. The van der Waals surface area contributed by atoms with Gasteiger partial charge in [0, 0.05) is 27.3 Å². The van der Waals surface area contributed by atoms with Gasteiger partial charge in [0.05, 0.1) is 11.4 Å². The Morgan fingerprint density at radius 3 is 0.934 bits per heavy atom. The van der Waals surface area contributed by atoms with Crippen LogP contribution in [0.15, 0.2) is 188 Å². The molecule has 0 N–H and O–H groups in total. The van der Waals surface area contributed by atoms with Crippen molar-refractivity contribution in [3.63, 3.8) is 0 Å². The van der Waals surface area contributed by atoms with E-state index in [0.29, 0.717) is 0 Å². The Kier molecular flexibility index (Phi) is 6.91. The minimum Gasteiger partial charge on any atom is -0.309 e. The molecule has 0 atom stereocenters. The van der Waals surface area contributed by atoms with Gasteiger partial charge in [-0.2, -0.15) is 0 Å². The van der Waals surface area contributed by atoms with Crippen molar-refractivity contribution < 1.29 is 0 Å². The fourth-order valence-electron chi connectivity index (χ4n) is 12.0. The van der Waals surface area contributed by atoms with Crippen molar-refractivity contribution in [1.82, 2.24) is 0 Å². The Hall–Kier alpha value is -7.22. The Bertz CT molecular complexity index is 3470. The lowest BCUT2D eigenvalue weighted by atomic mass is 9.78. The lowest BCUT2D eigenvalue weighted by Gasteiger charge is -2.32. The van der Waals surface area contributed by atoms with Gasteiger partial charge in [0.25, 0.3) is 0 Å². The molecule has 0 radical (unpaired) electrons. The zero-order valence-electron chi connectivity index (χ0n) is 34.8. The highest BCUT2D eigenvalue weighted by Gasteiger charge is 2.43. The molecule has 0 heterocycles. The highest BCUT2D eigenvalue weighted by molar-refractivity contribution is 6.25. The largest absolute Gasteiger partial charge is 0.309 e. The maximum atomic E-state index is 2.58. The molecule has 0 saturated carbocycles. The zero-order chi connectivity index (χ0) is 40.8. The molecule has 0 fully saturated rings. The molecular formula is C60H43N. The number of hydrogen-bond donors (Lipinski definition) is 0. The maximum Gasteiger partial charge on any atom is 0.0543 e. The van der Waals surface area contributed by atoms with Crippen LogP contribution in [0.5, 0.6) is 0 Å². The van der Waals surface area contributed by atoms with Crippen LogP contribution in [0, 0.1) is 0 Å². The van der Waals surface area contributed by atoms with E-state index in [1.807, 2.05) is 0 Å². The molecule has 0 saturated heterocycles. The molecule has 0 spiro atoms. The van der Waals surface area contributed by atoms with Crippen molar-refractivity contribution in [2.75, 3.05) is 4.90 Å². The SMILES string of the molecule is CC1(C)c2cc(N(c3ccccc3)c3cc4c(c5ccccc35)-c3c(c5ccccc5c5ccccc35)C4(C)C)c3ccccc3c2-c2c1c1ccccc1c1ccccc21. The van der Waals surface area contributed by atoms with Crippen LogP contribution in [-0.4, -0.2) is 0 Å². The summed E-state index contributed by atoms with van der Waals surface area (Å²) in [6.45, 7) is 9.79. The summed E-state index contributed by atoms with van der Waals surface area (Å²) in [4.78, 5) is 2.58. The van der Waals surface area contributed by atoms with Crippen LogP contribution in [0.4, 0.5) is 17.1 Å². The number of para-hydroxylation sites is 1. The van der Waals surface area contributed by atoms with Crippen molar-refractivity contribution in [2.24, 2.45) is 0 Å². The summed E-state index contributed by atoms with van der Waals surface area (Å²) in [6, 6.07) is 70.7. The molecule has 0 bridgehead atoms. The van der Waals surface area contributed by atoms with E-state index >= 15 is 0 Å². The van der Waals surface area contributed by atoms with Crippen molar-refractivity contribution in [3.8, 4) is 22.3 Å². The highest BCUT2D eigenvalue weighted by Crippen LogP contribution is 2.61. The van der Waals surface area contributed by atoms with Crippen molar-refractivity contribution in [1.29, 1.82) is 0 Å². The lowest BCUT2D eigenvalue weighted by molar-refractivity contribution is 0.666. The van der Waals surface area contributed by atoms with E-state index in [4.69, 9.17) is 0 Å². The second kappa shape index (κ2) is 12.2. The van der Waals surface area contributed by atoms with Gasteiger partial charge in [-0.1, -0.05) is 191 Å². The molecular weight excluding hydrogens is 735 g/mol. The van der Waals surface area contributed by atoms with E-state index in [1.165, 1.54) is 121 Å². The number of hydrogen-bond acceptors (Lipinski definition) is 1. The van der Waals surface area contributed by atoms with E-state index < -0.39 is 0 Å². The quantitative estimate of drug-likeness (QED) is 0.162. The average molecular weight is 778 g/mol. The van der Waals surface area contributed by atoms with Crippen molar-refractivity contribution in [3.05, 3.63) is 210 Å². The molecule has 0 aliphatic heterocycles. The third-order valence-electron chi connectivity index (χ3n) is 14.5. The zero-order valence-corrected chi connectivity index (χ0v) is 34.8. The van der Waals surface area contributed by atoms with Crippen LogP contribution in [0.2, 0.25) is 0 Å². The summed E-state index contributed by atoms with van der Waals surface area (Å²) in [5.74, 6) is 0. The normalized spacial score (nSPS) is 14.5. The molecule has 11 aromatic carbocycles. The number of nitrogens with zero attached hydrogens (tertiary/aromatic N) is 1. The van der Waals surface area contributed by atoms with E-state index in [-0.39, 0.29) is 10.8 Å². The summed E-state index contributed by atoms with van der Waals surface area (Å²) in [6.07, 6.45) is 0. The van der Waals surface area contributed by atoms with Gasteiger partial charge in [0.1, 0.15) is 0 Å². The maximum absolute atomic E-state index is 2.58. The molecule has 288 valence electrons. The van der Waals surface area contributed by atoms with Gasteiger partial charge in [0.15, 0.2) is 0 Å². The van der Waals surface area contributed by atoms with Crippen molar-refractivity contribution >= 4 is 81.7 Å². The first-order valence-electron chi connectivity index (χ1n) is 21.7. The molecule has 1 heteroatoms. The molecule has 2 aliphatic carbocycles.